The van der Waals surface area contributed by atoms with Gasteiger partial charge in [0.05, 0.1) is 18.9 Å². The molecule has 148 valence electrons. The van der Waals surface area contributed by atoms with Gasteiger partial charge in [0.2, 0.25) is 5.95 Å². The average molecular weight is 386 g/mol. The van der Waals surface area contributed by atoms with Crippen molar-refractivity contribution in [3.8, 4) is 5.75 Å². The van der Waals surface area contributed by atoms with Gasteiger partial charge in [-0.2, -0.15) is 0 Å². The third-order valence-corrected chi connectivity index (χ3v) is 5.04. The van der Waals surface area contributed by atoms with Gasteiger partial charge >= 0.3 is 0 Å². The molecule has 0 saturated carbocycles. The van der Waals surface area contributed by atoms with E-state index in [9.17, 15) is 9.18 Å². The molecule has 1 saturated heterocycles. The molecule has 1 aromatic heterocycles. The molecule has 0 unspecified atom stereocenters. The summed E-state index contributed by atoms with van der Waals surface area (Å²) in [6.07, 6.45) is 1.89. The molecule has 2 aliphatic rings. The number of para-hydroxylation sites is 1. The first-order chi connectivity index (χ1) is 13.6. The topological polar surface area (TPSA) is 67.8 Å². The van der Waals surface area contributed by atoms with Crippen molar-refractivity contribution in [2.45, 2.75) is 26.1 Å². The van der Waals surface area contributed by atoms with Gasteiger partial charge in [-0.1, -0.05) is 12.1 Å². The minimum atomic E-state index is -0.747. The molecule has 4 rings (SSSR count). The number of carbonyl (C=O) groups is 1. The second-order valence-corrected chi connectivity index (χ2v) is 6.95. The molecule has 1 amide bonds. The number of amides is 1. The third kappa shape index (κ3) is 3.91. The largest absolute Gasteiger partial charge is 0.478 e. The number of fused-ring (bicyclic) bond motifs is 1. The van der Waals surface area contributed by atoms with Crippen molar-refractivity contribution >= 4 is 11.9 Å². The van der Waals surface area contributed by atoms with Gasteiger partial charge < -0.3 is 19.3 Å². The Kier molecular flexibility index (Phi) is 5.38. The van der Waals surface area contributed by atoms with Crippen LogP contribution in [0.25, 0.3) is 0 Å². The van der Waals surface area contributed by atoms with Gasteiger partial charge in [-0.25, -0.2) is 14.4 Å². The summed E-state index contributed by atoms with van der Waals surface area (Å²) in [4.78, 5) is 25.6. The average Bonchev–Trinajstić information content (AvgIpc) is 2.74. The molecule has 0 bridgehead atoms. The van der Waals surface area contributed by atoms with Gasteiger partial charge in [-0.3, -0.25) is 4.79 Å². The standard InChI is InChI=1S/C20H23FN4O3/c1-14(28-18-5-3-2-4-16(18)21)19(26)24-7-9-25(10-8-24)20-22-12-15-13-27-11-6-17(15)23-20/h2-5,12,14H,6-11,13H2,1H3/t14-/m0/s1. The number of rotatable bonds is 4. The SMILES string of the molecule is C[C@H](Oc1ccccc1F)C(=O)N1CCN(c2ncc3c(n2)CCOC3)CC1. The van der Waals surface area contributed by atoms with Gasteiger partial charge in [-0.05, 0) is 19.1 Å². The number of aromatic nitrogens is 2. The normalized spacial score (nSPS) is 17.8. The fourth-order valence-corrected chi connectivity index (χ4v) is 3.44. The molecule has 0 spiro atoms. The van der Waals surface area contributed by atoms with E-state index < -0.39 is 11.9 Å². The lowest BCUT2D eigenvalue weighted by atomic mass is 10.1. The Bertz CT molecular complexity index is 855. The maximum Gasteiger partial charge on any atom is 0.263 e. The Labute approximate surface area is 163 Å². The summed E-state index contributed by atoms with van der Waals surface area (Å²) in [6.45, 7) is 5.29. The smallest absolute Gasteiger partial charge is 0.263 e. The fraction of sp³-hybridized carbons (Fsp3) is 0.450. The lowest BCUT2D eigenvalue weighted by Gasteiger charge is -2.36. The highest BCUT2D eigenvalue weighted by Crippen LogP contribution is 2.20. The summed E-state index contributed by atoms with van der Waals surface area (Å²) in [6, 6.07) is 6.11. The van der Waals surface area contributed by atoms with Crippen LogP contribution in [0.2, 0.25) is 0 Å². The minimum Gasteiger partial charge on any atom is -0.478 e. The molecule has 8 heteroatoms. The number of halogens is 1. The number of hydrogen-bond acceptors (Lipinski definition) is 6. The maximum atomic E-state index is 13.7. The summed E-state index contributed by atoms with van der Waals surface area (Å²) >= 11 is 0. The summed E-state index contributed by atoms with van der Waals surface area (Å²) in [5.41, 5.74) is 2.09. The van der Waals surface area contributed by atoms with Crippen LogP contribution in [0.5, 0.6) is 5.75 Å². The highest BCUT2D eigenvalue weighted by Gasteiger charge is 2.28. The van der Waals surface area contributed by atoms with E-state index in [1.807, 2.05) is 6.20 Å². The van der Waals surface area contributed by atoms with E-state index in [0.29, 0.717) is 45.3 Å². The highest BCUT2D eigenvalue weighted by molar-refractivity contribution is 5.81. The number of piperazine rings is 1. The molecule has 2 aliphatic heterocycles. The Balaban J connectivity index is 1.34. The van der Waals surface area contributed by atoms with Gasteiger partial charge in [0.25, 0.3) is 5.91 Å². The molecular formula is C20H23FN4O3. The predicted octanol–water partition coefficient (Wildman–Crippen LogP) is 1.80. The summed E-state index contributed by atoms with van der Waals surface area (Å²) in [5.74, 6) is 0.171. The number of carbonyl (C=O) groups excluding carboxylic acids is 1. The molecule has 2 aromatic rings. The van der Waals surface area contributed by atoms with E-state index in [0.717, 1.165) is 17.7 Å². The Morgan fingerprint density at radius 1 is 1.25 bits per heavy atom. The monoisotopic (exact) mass is 386 g/mol. The van der Waals surface area contributed by atoms with Crippen LogP contribution in [0.1, 0.15) is 18.2 Å². The van der Waals surface area contributed by atoms with Crippen LogP contribution >= 0.6 is 0 Å². The predicted molar refractivity (Wildman–Crippen MR) is 101 cm³/mol. The van der Waals surface area contributed by atoms with Gasteiger partial charge in [0.15, 0.2) is 17.7 Å². The van der Waals surface area contributed by atoms with Crippen molar-refractivity contribution in [3.05, 3.63) is 47.5 Å². The van der Waals surface area contributed by atoms with E-state index in [-0.39, 0.29) is 11.7 Å². The molecule has 1 fully saturated rings. The fourth-order valence-electron chi connectivity index (χ4n) is 3.44. The molecule has 0 N–H and O–H groups in total. The van der Waals surface area contributed by atoms with Crippen LogP contribution in [-0.4, -0.2) is 59.7 Å². The Morgan fingerprint density at radius 2 is 2.04 bits per heavy atom. The second-order valence-electron chi connectivity index (χ2n) is 6.95. The van der Waals surface area contributed by atoms with E-state index in [4.69, 9.17) is 9.47 Å². The van der Waals surface area contributed by atoms with Crippen LogP contribution in [0, 0.1) is 5.82 Å². The zero-order valence-electron chi connectivity index (χ0n) is 15.8. The van der Waals surface area contributed by atoms with Crippen molar-refractivity contribution in [1.29, 1.82) is 0 Å². The minimum absolute atomic E-state index is 0.0911. The lowest BCUT2D eigenvalue weighted by Crippen LogP contribution is -2.52. The van der Waals surface area contributed by atoms with Gasteiger partial charge in [0.1, 0.15) is 0 Å². The molecular weight excluding hydrogens is 363 g/mol. The quantitative estimate of drug-likeness (QED) is 0.798. The highest BCUT2D eigenvalue weighted by atomic mass is 19.1. The van der Waals surface area contributed by atoms with E-state index in [2.05, 4.69) is 14.9 Å². The van der Waals surface area contributed by atoms with Gasteiger partial charge in [-0.15, -0.1) is 0 Å². The van der Waals surface area contributed by atoms with Crippen LogP contribution in [0.15, 0.2) is 30.5 Å². The number of hydrogen-bond donors (Lipinski definition) is 0. The Hall–Kier alpha value is -2.74. The number of ether oxygens (including phenoxy) is 2. The van der Waals surface area contributed by atoms with Crippen molar-refractivity contribution in [1.82, 2.24) is 14.9 Å². The summed E-state index contributed by atoms with van der Waals surface area (Å²) < 4.78 is 24.7. The molecule has 3 heterocycles. The van der Waals surface area contributed by atoms with Crippen LogP contribution in [0.4, 0.5) is 10.3 Å². The van der Waals surface area contributed by atoms with Crippen molar-refractivity contribution in [2.75, 3.05) is 37.7 Å². The molecule has 0 aliphatic carbocycles. The lowest BCUT2D eigenvalue weighted by molar-refractivity contribution is -0.138. The van der Waals surface area contributed by atoms with Crippen molar-refractivity contribution in [2.24, 2.45) is 0 Å². The van der Waals surface area contributed by atoms with E-state index in [1.54, 1.807) is 24.0 Å². The molecule has 1 aromatic carbocycles. The number of benzene rings is 1. The van der Waals surface area contributed by atoms with E-state index >= 15 is 0 Å². The molecule has 0 radical (unpaired) electrons. The van der Waals surface area contributed by atoms with Crippen LogP contribution in [0.3, 0.4) is 0 Å². The third-order valence-electron chi connectivity index (χ3n) is 5.04. The first-order valence-corrected chi connectivity index (χ1v) is 9.49. The van der Waals surface area contributed by atoms with Crippen molar-refractivity contribution < 1.29 is 18.7 Å². The number of anilines is 1. The van der Waals surface area contributed by atoms with Crippen molar-refractivity contribution in [3.63, 3.8) is 0 Å². The molecule has 7 nitrogen and oxygen atoms in total. The summed E-state index contributed by atoms with van der Waals surface area (Å²) in [7, 11) is 0. The first-order valence-electron chi connectivity index (χ1n) is 9.49. The first kappa shape index (κ1) is 18.6. The Morgan fingerprint density at radius 3 is 2.82 bits per heavy atom. The van der Waals surface area contributed by atoms with Crippen LogP contribution < -0.4 is 9.64 Å². The zero-order chi connectivity index (χ0) is 19.5. The van der Waals surface area contributed by atoms with Crippen LogP contribution in [-0.2, 0) is 22.6 Å². The van der Waals surface area contributed by atoms with E-state index in [1.165, 1.54) is 12.1 Å². The number of nitrogens with zero attached hydrogens (tertiary/aromatic N) is 4. The molecule has 1 atom stereocenters. The van der Waals surface area contributed by atoms with Gasteiger partial charge in [0, 0.05) is 44.4 Å². The second kappa shape index (κ2) is 8.10. The maximum absolute atomic E-state index is 13.7. The zero-order valence-corrected chi connectivity index (χ0v) is 15.8. The summed E-state index contributed by atoms with van der Waals surface area (Å²) in [5, 5.41) is 0. The molecule has 28 heavy (non-hydrogen) atoms.